The van der Waals surface area contributed by atoms with Crippen molar-refractivity contribution in [2.45, 2.75) is 224 Å². The maximum atomic E-state index is 12.5. The van der Waals surface area contributed by atoms with E-state index in [0.717, 1.165) is 50.3 Å². The van der Waals surface area contributed by atoms with Gasteiger partial charge in [0, 0.05) is 0 Å². The first-order valence-electron chi connectivity index (χ1n) is 18.9. The summed E-state index contributed by atoms with van der Waals surface area (Å²) in [5.41, 5.74) is 0. The molecule has 0 aromatic carbocycles. The fraction of sp³-hybridized carbons (Fsp3) is 0.947. The van der Waals surface area contributed by atoms with E-state index in [1.54, 1.807) is 13.8 Å². The van der Waals surface area contributed by atoms with Crippen LogP contribution < -0.4 is 0 Å². The molecule has 0 bridgehead atoms. The van der Waals surface area contributed by atoms with Gasteiger partial charge in [-0.25, -0.2) is 0 Å². The average Bonchev–Trinajstić information content (AvgIpc) is 2.98. The smallest absolute Gasteiger partial charge is 0.319 e. The van der Waals surface area contributed by atoms with Crippen LogP contribution in [0.3, 0.4) is 0 Å². The van der Waals surface area contributed by atoms with E-state index in [4.69, 9.17) is 0 Å². The van der Waals surface area contributed by atoms with Gasteiger partial charge in [-0.05, 0) is 32.6 Å². The molecule has 0 aliphatic heterocycles. The number of rotatable bonds is 34. The molecule has 0 amide bonds. The predicted molar refractivity (Wildman–Crippen MR) is 189 cm³/mol. The van der Waals surface area contributed by atoms with Gasteiger partial charge in [-0.2, -0.15) is 0 Å². The van der Waals surface area contributed by atoms with Crippen molar-refractivity contribution in [1.29, 1.82) is 0 Å². The molecule has 0 aromatic heterocycles. The van der Waals surface area contributed by atoms with Crippen molar-refractivity contribution in [3.63, 3.8) is 0 Å². The quantitative estimate of drug-likeness (QED) is 0.0695. The van der Waals surface area contributed by atoms with E-state index in [9.17, 15) is 19.8 Å². The fourth-order valence-electron chi connectivity index (χ4n) is 6.43. The van der Waals surface area contributed by atoms with Gasteiger partial charge in [0.25, 0.3) is 0 Å². The molecule has 0 saturated carbocycles. The molecule has 256 valence electrons. The molecule has 2 N–H and O–H groups in total. The average molecular weight is 627 g/mol. The van der Waals surface area contributed by atoms with Crippen molar-refractivity contribution < 1.29 is 19.8 Å². The monoisotopic (exact) mass is 627 g/mol. The highest BCUT2D eigenvalue weighted by Crippen LogP contribution is 2.42. The largest absolute Gasteiger partial charge is 0.480 e. The van der Waals surface area contributed by atoms with Gasteiger partial charge in [0.15, 0.2) is 0 Å². The zero-order valence-corrected chi connectivity index (χ0v) is 30.1. The minimum absolute atomic E-state index is 0.0156. The third kappa shape index (κ3) is 24.2. The molecule has 0 radical (unpaired) electrons. The number of hydrogen-bond donors (Lipinski definition) is 2. The Balaban J connectivity index is 4.34. The van der Waals surface area contributed by atoms with Crippen molar-refractivity contribution in [2.24, 2.45) is 5.92 Å². The molecule has 0 saturated heterocycles. The highest BCUT2D eigenvalue weighted by atomic mass is 32.2. The van der Waals surface area contributed by atoms with E-state index >= 15 is 0 Å². The van der Waals surface area contributed by atoms with Crippen molar-refractivity contribution >= 4 is 23.7 Å². The van der Waals surface area contributed by atoms with Crippen LogP contribution in [0.2, 0.25) is 0 Å². The molecule has 43 heavy (non-hydrogen) atoms. The molecular weight excluding hydrogens is 552 g/mol. The van der Waals surface area contributed by atoms with Gasteiger partial charge in [0.2, 0.25) is 0 Å². The minimum Gasteiger partial charge on any atom is -0.480 e. The van der Waals surface area contributed by atoms with Crippen LogP contribution in [0.15, 0.2) is 0 Å². The first-order chi connectivity index (χ1) is 20.8. The Morgan fingerprint density at radius 3 is 1.00 bits per heavy atom. The second kappa shape index (κ2) is 30.0. The van der Waals surface area contributed by atoms with Gasteiger partial charge in [0.1, 0.15) is 10.00 Å². The summed E-state index contributed by atoms with van der Waals surface area (Å²) < 4.78 is -1.05. The number of hydrogen-bond acceptors (Lipinski definition) is 3. The molecule has 4 nitrogen and oxygen atoms in total. The molecular formula is C38H74O4S. The van der Waals surface area contributed by atoms with Crippen molar-refractivity contribution in [3.05, 3.63) is 0 Å². The van der Waals surface area contributed by atoms with E-state index in [1.165, 1.54) is 148 Å². The molecule has 5 heteroatoms. The summed E-state index contributed by atoms with van der Waals surface area (Å²) >= 11 is 1.14. The van der Waals surface area contributed by atoms with Crippen LogP contribution in [0, 0.1) is 5.92 Å². The Bertz CT molecular complexity index is 639. The molecule has 0 fully saturated rings. The fourth-order valence-corrected chi connectivity index (χ4v) is 7.79. The van der Waals surface area contributed by atoms with Crippen LogP contribution in [-0.2, 0) is 9.59 Å². The maximum absolute atomic E-state index is 12.5. The number of carbonyl (C=O) groups is 2. The lowest BCUT2D eigenvalue weighted by Gasteiger charge is -2.35. The molecule has 0 aromatic rings. The summed E-state index contributed by atoms with van der Waals surface area (Å²) in [5, 5.41) is 19.0. The standard InChI is InChI=1S/C38H74O4S/c1-5-7-9-11-13-15-17-19-20-21-23-25-27-29-31-33-35(38(4,37(41)42)43-34(3)36(39)40)32-30-28-26-24-22-18-16-14-12-10-8-6-2/h34-35H,5-33H2,1-4H3,(H,39,40)(H,41,42). The molecule has 0 aliphatic rings. The van der Waals surface area contributed by atoms with E-state index in [-0.39, 0.29) is 5.92 Å². The molecule has 0 spiro atoms. The normalized spacial score (nSPS) is 14.4. The lowest BCUT2D eigenvalue weighted by Crippen LogP contribution is -2.42. The Hall–Kier alpha value is -0.710. The zero-order valence-electron chi connectivity index (χ0n) is 29.3. The highest BCUT2D eigenvalue weighted by Gasteiger charge is 2.43. The number of unbranched alkanes of at least 4 members (excludes halogenated alkanes) is 25. The Kier molecular flexibility index (Phi) is 29.5. The number of aliphatic carboxylic acids is 2. The summed E-state index contributed by atoms with van der Waals surface area (Å²) in [7, 11) is 0. The Morgan fingerprint density at radius 1 is 0.512 bits per heavy atom. The van der Waals surface area contributed by atoms with Gasteiger partial charge in [-0.3, -0.25) is 9.59 Å². The first-order valence-corrected chi connectivity index (χ1v) is 19.8. The van der Waals surface area contributed by atoms with Crippen LogP contribution in [-0.4, -0.2) is 32.1 Å². The Labute approximate surface area is 272 Å². The van der Waals surface area contributed by atoms with Crippen molar-refractivity contribution in [1.82, 2.24) is 0 Å². The van der Waals surface area contributed by atoms with Crippen LogP contribution in [0.5, 0.6) is 0 Å². The topological polar surface area (TPSA) is 74.6 Å². The second-order valence-electron chi connectivity index (χ2n) is 13.6. The molecule has 0 heterocycles. The van der Waals surface area contributed by atoms with Gasteiger partial charge in [-0.1, -0.05) is 187 Å². The van der Waals surface area contributed by atoms with E-state index in [1.807, 2.05) is 0 Å². The van der Waals surface area contributed by atoms with Gasteiger partial charge in [-0.15, -0.1) is 11.8 Å². The third-order valence-electron chi connectivity index (χ3n) is 9.54. The second-order valence-corrected chi connectivity index (χ2v) is 15.4. The van der Waals surface area contributed by atoms with Crippen LogP contribution in [0.1, 0.15) is 214 Å². The van der Waals surface area contributed by atoms with Gasteiger partial charge < -0.3 is 10.2 Å². The lowest BCUT2D eigenvalue weighted by molar-refractivity contribution is -0.141. The summed E-state index contributed by atoms with van der Waals surface area (Å²) in [5.74, 6) is -1.76. The van der Waals surface area contributed by atoms with Crippen LogP contribution >= 0.6 is 11.8 Å². The Morgan fingerprint density at radius 2 is 0.767 bits per heavy atom. The third-order valence-corrected chi connectivity index (χ3v) is 11.1. The lowest BCUT2D eigenvalue weighted by atomic mass is 9.83. The van der Waals surface area contributed by atoms with E-state index in [2.05, 4.69) is 13.8 Å². The molecule has 0 aliphatic carbocycles. The summed E-state index contributed by atoms with van der Waals surface area (Å²) in [6.45, 7) is 7.96. The summed E-state index contributed by atoms with van der Waals surface area (Å²) in [4.78, 5) is 24.1. The van der Waals surface area contributed by atoms with Crippen LogP contribution in [0.25, 0.3) is 0 Å². The number of carboxylic acid groups (broad SMARTS) is 2. The van der Waals surface area contributed by atoms with E-state index < -0.39 is 21.9 Å². The SMILES string of the molecule is CCCCCCCCCCCCCCCCCC(CCCCCCCCCCCCCC)C(C)(SC(C)C(=O)O)C(=O)O. The van der Waals surface area contributed by atoms with Gasteiger partial charge >= 0.3 is 11.9 Å². The zero-order chi connectivity index (χ0) is 32.0. The highest BCUT2D eigenvalue weighted by molar-refractivity contribution is 8.02. The first kappa shape index (κ1) is 42.3. The number of carboxylic acids is 2. The van der Waals surface area contributed by atoms with Crippen molar-refractivity contribution in [3.8, 4) is 0 Å². The van der Waals surface area contributed by atoms with Crippen LogP contribution in [0.4, 0.5) is 0 Å². The predicted octanol–water partition coefficient (Wildman–Crippen LogP) is 13.0. The summed E-state index contributed by atoms with van der Waals surface area (Å²) in [6, 6.07) is 0. The molecule has 0 rings (SSSR count). The van der Waals surface area contributed by atoms with Crippen molar-refractivity contribution in [2.75, 3.05) is 0 Å². The summed E-state index contributed by atoms with van der Waals surface area (Å²) in [6.07, 6.45) is 37.2. The molecule has 3 unspecified atom stereocenters. The van der Waals surface area contributed by atoms with Gasteiger partial charge in [0.05, 0.1) is 0 Å². The molecule has 3 atom stereocenters. The number of thioether (sulfide) groups is 1. The van der Waals surface area contributed by atoms with E-state index in [0.29, 0.717) is 0 Å². The minimum atomic E-state index is -1.05. The maximum Gasteiger partial charge on any atom is 0.319 e.